The van der Waals surface area contributed by atoms with Gasteiger partial charge in [-0.2, -0.15) is 0 Å². The number of carbonyl (C=O) groups excluding carboxylic acids is 2. The average molecular weight is 449 g/mol. The molecular formula is C26H32N4O3. The molecule has 3 unspecified atom stereocenters. The summed E-state index contributed by atoms with van der Waals surface area (Å²) in [7, 11) is 0. The van der Waals surface area contributed by atoms with E-state index in [0.717, 1.165) is 50.2 Å². The number of hydrogen-bond acceptors (Lipinski definition) is 5. The van der Waals surface area contributed by atoms with Crippen LogP contribution in [0.1, 0.15) is 48.0 Å². The Morgan fingerprint density at radius 2 is 1.85 bits per heavy atom. The van der Waals surface area contributed by atoms with E-state index in [1.807, 2.05) is 47.4 Å². The van der Waals surface area contributed by atoms with Gasteiger partial charge in [0.05, 0.1) is 13.2 Å². The molecule has 2 aromatic rings. The zero-order valence-electron chi connectivity index (χ0n) is 19.0. The summed E-state index contributed by atoms with van der Waals surface area (Å²) in [6.45, 7) is 3.49. The number of aromatic nitrogens is 1. The molecule has 2 amide bonds. The summed E-state index contributed by atoms with van der Waals surface area (Å²) in [6.07, 6.45) is 6.94. The van der Waals surface area contributed by atoms with Gasteiger partial charge < -0.3 is 19.9 Å². The SMILES string of the molecule is O=C(NCc1ccnc(N2CCOCC2)c1)C1CC2CCCCC2N1C(=O)c1ccccc1. The number of ether oxygens (including phenoxy) is 1. The van der Waals surface area contributed by atoms with Gasteiger partial charge in [-0.25, -0.2) is 4.98 Å². The van der Waals surface area contributed by atoms with Crippen molar-refractivity contribution in [2.45, 2.75) is 50.7 Å². The zero-order valence-corrected chi connectivity index (χ0v) is 19.0. The molecule has 3 heterocycles. The second-order valence-electron chi connectivity index (χ2n) is 9.28. The third-order valence-corrected chi connectivity index (χ3v) is 7.26. The molecule has 2 aliphatic heterocycles. The van der Waals surface area contributed by atoms with Gasteiger partial charge in [0.1, 0.15) is 11.9 Å². The molecule has 7 heteroatoms. The van der Waals surface area contributed by atoms with Gasteiger partial charge in [-0.05, 0) is 55.0 Å². The minimum Gasteiger partial charge on any atom is -0.378 e. The lowest BCUT2D eigenvalue weighted by Gasteiger charge is -2.33. The van der Waals surface area contributed by atoms with Crippen LogP contribution < -0.4 is 10.2 Å². The summed E-state index contributed by atoms with van der Waals surface area (Å²) >= 11 is 0. The summed E-state index contributed by atoms with van der Waals surface area (Å²) in [5, 5.41) is 3.11. The van der Waals surface area contributed by atoms with E-state index < -0.39 is 6.04 Å². The van der Waals surface area contributed by atoms with Crippen molar-refractivity contribution in [3.05, 3.63) is 59.8 Å². The number of pyridine rings is 1. The highest BCUT2D eigenvalue weighted by Gasteiger charge is 2.47. The minimum atomic E-state index is -0.411. The largest absolute Gasteiger partial charge is 0.378 e. The highest BCUT2D eigenvalue weighted by molar-refractivity contribution is 5.98. The number of carbonyl (C=O) groups is 2. The Kier molecular flexibility index (Phi) is 6.58. The Morgan fingerprint density at radius 1 is 1.06 bits per heavy atom. The van der Waals surface area contributed by atoms with Gasteiger partial charge in [0, 0.05) is 37.4 Å². The third-order valence-electron chi connectivity index (χ3n) is 7.26. The van der Waals surface area contributed by atoms with E-state index in [1.54, 1.807) is 6.20 Å². The number of nitrogens with one attached hydrogen (secondary N) is 1. The summed E-state index contributed by atoms with van der Waals surface area (Å²) in [5.41, 5.74) is 1.67. The number of amides is 2. The van der Waals surface area contributed by atoms with Gasteiger partial charge in [-0.1, -0.05) is 31.0 Å². The second-order valence-corrected chi connectivity index (χ2v) is 9.28. The van der Waals surface area contributed by atoms with E-state index >= 15 is 0 Å². The molecule has 3 atom stereocenters. The van der Waals surface area contributed by atoms with Crippen molar-refractivity contribution in [1.82, 2.24) is 15.2 Å². The van der Waals surface area contributed by atoms with Crippen LogP contribution in [-0.4, -0.2) is 60.1 Å². The average Bonchev–Trinajstić information content (AvgIpc) is 3.28. The minimum absolute atomic E-state index is 0.0244. The molecule has 33 heavy (non-hydrogen) atoms. The molecule has 0 spiro atoms. The number of hydrogen-bond donors (Lipinski definition) is 1. The summed E-state index contributed by atoms with van der Waals surface area (Å²) < 4.78 is 5.43. The molecule has 174 valence electrons. The molecule has 3 fully saturated rings. The predicted octanol–water partition coefficient (Wildman–Crippen LogP) is 3.01. The van der Waals surface area contributed by atoms with Crippen LogP contribution in [0.15, 0.2) is 48.7 Å². The van der Waals surface area contributed by atoms with Crippen molar-refractivity contribution in [1.29, 1.82) is 0 Å². The Hall–Kier alpha value is -2.93. The molecule has 1 saturated carbocycles. The topological polar surface area (TPSA) is 74.8 Å². The number of morpholine rings is 1. The molecule has 1 N–H and O–H groups in total. The molecule has 0 bridgehead atoms. The maximum atomic E-state index is 13.4. The Labute approximate surface area is 195 Å². The number of benzene rings is 1. The normalized spacial score (nSPS) is 24.9. The Morgan fingerprint density at radius 3 is 2.67 bits per heavy atom. The van der Waals surface area contributed by atoms with E-state index in [-0.39, 0.29) is 17.9 Å². The lowest BCUT2D eigenvalue weighted by Crippen LogP contribution is -2.49. The quantitative estimate of drug-likeness (QED) is 0.761. The van der Waals surface area contributed by atoms with Gasteiger partial charge >= 0.3 is 0 Å². The fourth-order valence-electron chi connectivity index (χ4n) is 5.56. The number of likely N-dealkylation sites (tertiary alicyclic amines) is 1. The van der Waals surface area contributed by atoms with E-state index in [9.17, 15) is 9.59 Å². The first kappa shape index (κ1) is 21.9. The fraction of sp³-hybridized carbons (Fsp3) is 0.500. The number of fused-ring (bicyclic) bond motifs is 1. The van der Waals surface area contributed by atoms with Gasteiger partial charge in [0.2, 0.25) is 5.91 Å². The van der Waals surface area contributed by atoms with Crippen molar-refractivity contribution in [2.75, 3.05) is 31.2 Å². The first-order chi connectivity index (χ1) is 16.2. The standard InChI is InChI=1S/C26H32N4O3/c31-25(28-18-19-10-11-27-24(16-19)29-12-14-33-15-13-29)23-17-21-8-4-5-9-22(21)30(23)26(32)20-6-2-1-3-7-20/h1-3,6-7,10-11,16,21-23H,4-5,8-9,12-15,17-18H2,(H,28,31). The molecule has 5 rings (SSSR count). The summed E-state index contributed by atoms with van der Waals surface area (Å²) in [5.74, 6) is 1.25. The maximum Gasteiger partial charge on any atom is 0.254 e. The molecule has 7 nitrogen and oxygen atoms in total. The smallest absolute Gasteiger partial charge is 0.254 e. The van der Waals surface area contributed by atoms with Crippen molar-refractivity contribution < 1.29 is 14.3 Å². The van der Waals surface area contributed by atoms with Crippen LogP contribution in [-0.2, 0) is 16.1 Å². The van der Waals surface area contributed by atoms with Gasteiger partial charge in [-0.15, -0.1) is 0 Å². The predicted molar refractivity (Wildman–Crippen MR) is 126 cm³/mol. The molecule has 1 aromatic carbocycles. The van der Waals surface area contributed by atoms with E-state index in [4.69, 9.17) is 4.74 Å². The van der Waals surface area contributed by atoms with Crippen molar-refractivity contribution >= 4 is 17.6 Å². The van der Waals surface area contributed by atoms with Gasteiger partial charge in [-0.3, -0.25) is 9.59 Å². The maximum absolute atomic E-state index is 13.4. The highest BCUT2D eigenvalue weighted by atomic mass is 16.5. The number of nitrogens with zero attached hydrogens (tertiary/aromatic N) is 3. The van der Waals surface area contributed by atoms with Crippen LogP contribution >= 0.6 is 0 Å². The Bertz CT molecular complexity index is 977. The molecule has 1 aliphatic carbocycles. The van der Waals surface area contributed by atoms with E-state index in [0.29, 0.717) is 31.2 Å². The van der Waals surface area contributed by atoms with Crippen molar-refractivity contribution in [3.8, 4) is 0 Å². The zero-order chi connectivity index (χ0) is 22.6. The van der Waals surface area contributed by atoms with Crippen LogP contribution in [0.5, 0.6) is 0 Å². The van der Waals surface area contributed by atoms with Crippen LogP contribution in [0, 0.1) is 5.92 Å². The van der Waals surface area contributed by atoms with Gasteiger partial charge in [0.15, 0.2) is 0 Å². The molecular weight excluding hydrogens is 416 g/mol. The highest BCUT2D eigenvalue weighted by Crippen LogP contribution is 2.40. The van der Waals surface area contributed by atoms with E-state index in [2.05, 4.69) is 15.2 Å². The third kappa shape index (κ3) is 4.74. The van der Waals surface area contributed by atoms with Crippen LogP contribution in [0.4, 0.5) is 5.82 Å². The summed E-state index contributed by atoms with van der Waals surface area (Å²) in [6, 6.07) is 13.1. The molecule has 2 saturated heterocycles. The lowest BCUT2D eigenvalue weighted by atomic mass is 9.84. The fourth-order valence-corrected chi connectivity index (χ4v) is 5.56. The molecule has 1 aromatic heterocycles. The lowest BCUT2D eigenvalue weighted by molar-refractivity contribution is -0.125. The molecule has 0 radical (unpaired) electrons. The monoisotopic (exact) mass is 448 g/mol. The second kappa shape index (κ2) is 9.91. The van der Waals surface area contributed by atoms with Crippen LogP contribution in [0.2, 0.25) is 0 Å². The first-order valence-electron chi connectivity index (χ1n) is 12.1. The van der Waals surface area contributed by atoms with Gasteiger partial charge in [0.25, 0.3) is 5.91 Å². The number of rotatable bonds is 5. The van der Waals surface area contributed by atoms with E-state index in [1.165, 1.54) is 6.42 Å². The molecule has 3 aliphatic rings. The van der Waals surface area contributed by atoms with Crippen molar-refractivity contribution in [2.24, 2.45) is 5.92 Å². The first-order valence-corrected chi connectivity index (χ1v) is 12.1. The Balaban J connectivity index is 1.29. The number of anilines is 1. The van der Waals surface area contributed by atoms with Crippen LogP contribution in [0.3, 0.4) is 0 Å². The van der Waals surface area contributed by atoms with Crippen LogP contribution in [0.25, 0.3) is 0 Å². The van der Waals surface area contributed by atoms with Crippen molar-refractivity contribution in [3.63, 3.8) is 0 Å². The summed E-state index contributed by atoms with van der Waals surface area (Å²) in [4.78, 5) is 35.4.